The summed E-state index contributed by atoms with van der Waals surface area (Å²) >= 11 is 0. The molecule has 2 rings (SSSR count). The van der Waals surface area contributed by atoms with E-state index in [4.69, 9.17) is 19.0 Å². The minimum Gasteiger partial charge on any atom is -0.503 e. The lowest BCUT2D eigenvalue weighted by Gasteiger charge is -2.14. The van der Waals surface area contributed by atoms with Gasteiger partial charge in [0.1, 0.15) is 24.5 Å². The SMILES string of the molecule is CCCON=Cc1ccc(OCc2ccccc2C(=COC)C(=O)OC)c(C)c1. The first-order valence-corrected chi connectivity index (χ1v) is 9.39. The second-order valence-electron chi connectivity index (χ2n) is 6.30. The second-order valence-corrected chi connectivity index (χ2v) is 6.30. The van der Waals surface area contributed by atoms with E-state index in [1.165, 1.54) is 20.5 Å². The number of ether oxygens (including phenoxy) is 3. The minimum absolute atomic E-state index is 0.294. The fourth-order valence-corrected chi connectivity index (χ4v) is 2.67. The molecule has 0 heterocycles. The predicted octanol–water partition coefficient (Wildman–Crippen LogP) is 4.49. The Balaban J connectivity index is 2.15. The highest BCUT2D eigenvalue weighted by molar-refractivity contribution is 6.16. The van der Waals surface area contributed by atoms with Gasteiger partial charge in [0.05, 0.1) is 26.7 Å². The van der Waals surface area contributed by atoms with Gasteiger partial charge in [-0.25, -0.2) is 4.79 Å². The molecule has 2 aromatic carbocycles. The van der Waals surface area contributed by atoms with Crippen molar-refractivity contribution in [2.45, 2.75) is 26.9 Å². The zero-order valence-electron chi connectivity index (χ0n) is 17.3. The van der Waals surface area contributed by atoms with E-state index in [9.17, 15) is 4.79 Å². The summed E-state index contributed by atoms with van der Waals surface area (Å²) in [5.74, 6) is 0.284. The lowest BCUT2D eigenvalue weighted by atomic mass is 10.0. The van der Waals surface area contributed by atoms with E-state index in [1.54, 1.807) is 6.21 Å². The topological polar surface area (TPSA) is 66.3 Å². The zero-order chi connectivity index (χ0) is 21.1. The summed E-state index contributed by atoms with van der Waals surface area (Å²) in [5, 5.41) is 3.94. The summed E-state index contributed by atoms with van der Waals surface area (Å²) < 4.78 is 15.9. The number of benzene rings is 2. The van der Waals surface area contributed by atoms with Crippen LogP contribution in [0.4, 0.5) is 0 Å². The third-order valence-corrected chi connectivity index (χ3v) is 4.10. The quantitative estimate of drug-likeness (QED) is 0.148. The lowest BCUT2D eigenvalue weighted by molar-refractivity contribution is -0.133. The zero-order valence-corrected chi connectivity index (χ0v) is 17.3. The van der Waals surface area contributed by atoms with Crippen molar-refractivity contribution in [1.29, 1.82) is 0 Å². The van der Waals surface area contributed by atoms with Gasteiger partial charge in [0.25, 0.3) is 0 Å². The van der Waals surface area contributed by atoms with Gasteiger partial charge in [0.15, 0.2) is 0 Å². The second kappa shape index (κ2) is 11.5. The van der Waals surface area contributed by atoms with Crippen molar-refractivity contribution in [2.24, 2.45) is 5.16 Å². The Morgan fingerprint density at radius 1 is 1.14 bits per heavy atom. The Bertz CT molecular complexity index is 873. The van der Waals surface area contributed by atoms with Gasteiger partial charge >= 0.3 is 5.97 Å². The summed E-state index contributed by atoms with van der Waals surface area (Å²) in [5.41, 5.74) is 3.80. The van der Waals surface area contributed by atoms with Gasteiger partial charge in [-0.1, -0.05) is 36.3 Å². The normalized spacial score (nSPS) is 11.4. The maximum atomic E-state index is 12.1. The number of esters is 1. The maximum absolute atomic E-state index is 12.1. The largest absolute Gasteiger partial charge is 0.503 e. The third-order valence-electron chi connectivity index (χ3n) is 4.10. The van der Waals surface area contributed by atoms with Crippen molar-refractivity contribution in [3.8, 4) is 5.75 Å². The third kappa shape index (κ3) is 6.38. The van der Waals surface area contributed by atoms with E-state index in [1.807, 2.05) is 56.3 Å². The van der Waals surface area contributed by atoms with Crippen LogP contribution in [-0.4, -0.2) is 33.0 Å². The van der Waals surface area contributed by atoms with Gasteiger partial charge in [-0.05, 0) is 53.8 Å². The minimum atomic E-state index is -0.468. The molecule has 0 aliphatic heterocycles. The van der Waals surface area contributed by atoms with Crippen LogP contribution in [0.15, 0.2) is 53.9 Å². The van der Waals surface area contributed by atoms with Crippen LogP contribution in [0.2, 0.25) is 0 Å². The molecular formula is C23H27NO5. The molecule has 0 aromatic heterocycles. The van der Waals surface area contributed by atoms with Crippen LogP contribution in [0.5, 0.6) is 5.75 Å². The van der Waals surface area contributed by atoms with Gasteiger partial charge in [0.2, 0.25) is 0 Å². The lowest BCUT2D eigenvalue weighted by Crippen LogP contribution is -2.08. The summed E-state index contributed by atoms with van der Waals surface area (Å²) in [6.45, 7) is 4.89. The average molecular weight is 397 g/mol. The number of oxime groups is 1. The molecule has 29 heavy (non-hydrogen) atoms. The number of hydrogen-bond acceptors (Lipinski definition) is 6. The molecule has 0 radical (unpaired) electrons. The molecule has 0 saturated carbocycles. The fraction of sp³-hybridized carbons (Fsp3) is 0.304. The van der Waals surface area contributed by atoms with E-state index < -0.39 is 5.97 Å². The number of nitrogens with zero attached hydrogens (tertiary/aromatic N) is 1. The van der Waals surface area contributed by atoms with E-state index in [0.717, 1.165) is 28.9 Å². The van der Waals surface area contributed by atoms with Gasteiger partial charge in [-0.3, -0.25) is 0 Å². The standard InChI is InChI=1S/C23H27NO5/c1-5-12-29-24-14-18-10-11-22(17(2)13-18)28-15-19-8-6-7-9-20(19)21(16-26-3)23(25)27-4/h6-11,13-14,16H,5,12,15H2,1-4H3. The molecule has 2 aromatic rings. The molecule has 154 valence electrons. The molecule has 0 amide bonds. The van der Waals surface area contributed by atoms with Gasteiger partial charge < -0.3 is 19.0 Å². The Hall–Kier alpha value is -3.28. The molecule has 0 spiro atoms. The van der Waals surface area contributed by atoms with Crippen molar-refractivity contribution >= 4 is 17.8 Å². The summed E-state index contributed by atoms with van der Waals surface area (Å²) in [7, 11) is 2.83. The molecule has 6 nitrogen and oxygen atoms in total. The van der Waals surface area contributed by atoms with Crippen LogP contribution >= 0.6 is 0 Å². The fourth-order valence-electron chi connectivity index (χ4n) is 2.67. The predicted molar refractivity (Wildman–Crippen MR) is 113 cm³/mol. The van der Waals surface area contributed by atoms with Crippen molar-refractivity contribution in [1.82, 2.24) is 0 Å². The van der Waals surface area contributed by atoms with Gasteiger partial charge in [-0.15, -0.1) is 0 Å². The van der Waals surface area contributed by atoms with E-state index >= 15 is 0 Å². The van der Waals surface area contributed by atoms with Crippen LogP contribution in [0, 0.1) is 6.92 Å². The van der Waals surface area contributed by atoms with Gasteiger partial charge in [-0.2, -0.15) is 0 Å². The first kappa shape index (κ1) is 22.0. The first-order chi connectivity index (χ1) is 14.1. The van der Waals surface area contributed by atoms with Crippen molar-refractivity contribution < 1.29 is 23.8 Å². The number of rotatable bonds is 10. The van der Waals surface area contributed by atoms with Crippen molar-refractivity contribution in [2.75, 3.05) is 20.8 Å². The van der Waals surface area contributed by atoms with E-state index in [2.05, 4.69) is 5.16 Å². The molecule has 0 saturated heterocycles. The highest BCUT2D eigenvalue weighted by Gasteiger charge is 2.17. The van der Waals surface area contributed by atoms with Crippen LogP contribution in [-0.2, 0) is 25.7 Å². The Morgan fingerprint density at radius 2 is 1.93 bits per heavy atom. The van der Waals surface area contributed by atoms with Crippen LogP contribution in [0.1, 0.15) is 35.6 Å². The van der Waals surface area contributed by atoms with Crippen LogP contribution < -0.4 is 4.74 Å². The molecule has 0 aliphatic carbocycles. The Morgan fingerprint density at radius 3 is 2.62 bits per heavy atom. The number of carbonyl (C=O) groups is 1. The molecule has 0 fully saturated rings. The van der Waals surface area contributed by atoms with Crippen molar-refractivity contribution in [3.05, 3.63) is 71.0 Å². The first-order valence-electron chi connectivity index (χ1n) is 9.39. The van der Waals surface area contributed by atoms with E-state index in [-0.39, 0.29) is 0 Å². The number of aryl methyl sites for hydroxylation is 1. The highest BCUT2D eigenvalue weighted by Crippen LogP contribution is 2.24. The van der Waals surface area contributed by atoms with Crippen LogP contribution in [0.3, 0.4) is 0 Å². The molecular weight excluding hydrogens is 370 g/mol. The molecule has 0 aliphatic rings. The van der Waals surface area contributed by atoms with E-state index in [0.29, 0.717) is 24.4 Å². The summed E-state index contributed by atoms with van der Waals surface area (Å²) in [6, 6.07) is 13.3. The molecule has 0 atom stereocenters. The Kier molecular flexibility index (Phi) is 8.76. The van der Waals surface area contributed by atoms with Gasteiger partial charge in [0, 0.05) is 0 Å². The number of carbonyl (C=O) groups excluding carboxylic acids is 1. The monoisotopic (exact) mass is 397 g/mol. The average Bonchev–Trinajstić information content (AvgIpc) is 2.74. The summed E-state index contributed by atoms with van der Waals surface area (Å²) in [4.78, 5) is 17.2. The Labute approximate surface area is 171 Å². The van der Waals surface area contributed by atoms with Crippen LogP contribution in [0.25, 0.3) is 5.57 Å². The maximum Gasteiger partial charge on any atom is 0.341 e. The number of hydrogen-bond donors (Lipinski definition) is 0. The molecule has 0 unspecified atom stereocenters. The smallest absolute Gasteiger partial charge is 0.341 e. The molecule has 0 N–H and O–H groups in total. The molecule has 0 bridgehead atoms. The summed E-state index contributed by atoms with van der Waals surface area (Å²) in [6.07, 6.45) is 3.98. The molecule has 6 heteroatoms. The highest BCUT2D eigenvalue weighted by atomic mass is 16.6. The van der Waals surface area contributed by atoms with Crippen molar-refractivity contribution in [3.63, 3.8) is 0 Å². The number of methoxy groups -OCH3 is 2.